The van der Waals surface area contributed by atoms with Gasteiger partial charge in [-0.15, -0.1) is 0 Å². The molecule has 0 spiro atoms. The molecule has 0 saturated heterocycles. The topological polar surface area (TPSA) is 82.2 Å². The molecule has 3 heterocycles. The molecular weight excluding hydrogens is 382 g/mol. The predicted molar refractivity (Wildman–Crippen MR) is 111 cm³/mol. The highest BCUT2D eigenvalue weighted by atomic mass is 16.5. The quantitative estimate of drug-likeness (QED) is 0.526. The largest absolute Gasteiger partial charge is 0.489 e. The van der Waals surface area contributed by atoms with Gasteiger partial charge in [0.05, 0.1) is 17.9 Å². The molecule has 0 fully saturated rings. The van der Waals surface area contributed by atoms with E-state index in [2.05, 4.69) is 10.1 Å². The van der Waals surface area contributed by atoms with Gasteiger partial charge in [-0.05, 0) is 17.7 Å². The molecule has 8 heteroatoms. The number of aryl methyl sites for hydroxylation is 1. The van der Waals surface area contributed by atoms with Crippen LogP contribution in [0.3, 0.4) is 0 Å². The Bertz CT molecular complexity index is 1300. The van der Waals surface area contributed by atoms with Crippen LogP contribution in [0, 0.1) is 0 Å². The summed E-state index contributed by atoms with van der Waals surface area (Å²) < 4.78 is 8.78. The zero-order chi connectivity index (χ0) is 20.7. The van der Waals surface area contributed by atoms with Gasteiger partial charge in [0.15, 0.2) is 5.65 Å². The number of anilines is 1. The number of amides is 1. The predicted octanol–water partition coefficient (Wildman–Crippen LogP) is 2.30. The van der Waals surface area contributed by atoms with Gasteiger partial charge in [-0.2, -0.15) is 5.10 Å². The minimum Gasteiger partial charge on any atom is -0.489 e. The number of ether oxygens (including phenoxy) is 1. The van der Waals surface area contributed by atoms with Crippen LogP contribution in [0.4, 0.5) is 5.69 Å². The van der Waals surface area contributed by atoms with Crippen LogP contribution >= 0.6 is 0 Å². The van der Waals surface area contributed by atoms with E-state index in [0.29, 0.717) is 29.1 Å². The van der Waals surface area contributed by atoms with Gasteiger partial charge < -0.3 is 4.74 Å². The van der Waals surface area contributed by atoms with Crippen molar-refractivity contribution in [1.29, 1.82) is 0 Å². The summed E-state index contributed by atoms with van der Waals surface area (Å²) in [6.07, 6.45) is 2.87. The second-order valence-electron chi connectivity index (χ2n) is 7.15. The first-order valence-corrected chi connectivity index (χ1v) is 9.59. The molecule has 1 amide bonds. The number of carbonyl (C=O) groups excluding carboxylic acids is 1. The third kappa shape index (κ3) is 2.93. The fourth-order valence-electron chi connectivity index (χ4n) is 3.82. The van der Waals surface area contributed by atoms with Crippen LogP contribution in [-0.4, -0.2) is 31.8 Å². The van der Waals surface area contributed by atoms with Gasteiger partial charge in [0.2, 0.25) is 5.91 Å². The van der Waals surface area contributed by atoms with Crippen molar-refractivity contribution in [3.8, 4) is 5.75 Å². The molecule has 0 saturated carbocycles. The van der Waals surface area contributed by atoms with Crippen molar-refractivity contribution in [2.45, 2.75) is 12.6 Å². The van der Waals surface area contributed by atoms with E-state index in [1.165, 1.54) is 21.8 Å². The molecule has 2 aromatic heterocycles. The monoisotopic (exact) mass is 401 g/mol. The van der Waals surface area contributed by atoms with Gasteiger partial charge in [-0.1, -0.05) is 42.5 Å². The Balaban J connectivity index is 1.55. The molecule has 5 rings (SSSR count). The molecule has 0 radical (unpaired) electrons. The number of rotatable bonds is 3. The minimum atomic E-state index is -0.292. The summed E-state index contributed by atoms with van der Waals surface area (Å²) in [5, 5.41) is 4.46. The van der Waals surface area contributed by atoms with Crippen molar-refractivity contribution in [3.63, 3.8) is 0 Å². The Morgan fingerprint density at radius 1 is 1.13 bits per heavy atom. The van der Waals surface area contributed by atoms with E-state index in [1.807, 2.05) is 54.6 Å². The molecule has 0 unspecified atom stereocenters. The fraction of sp³-hybridized carbons (Fsp3) is 0.182. The molecule has 0 bridgehead atoms. The van der Waals surface area contributed by atoms with Crippen LogP contribution in [0.5, 0.6) is 5.75 Å². The Hall–Kier alpha value is -3.94. The number of para-hydroxylation sites is 2. The first-order chi connectivity index (χ1) is 14.6. The first kappa shape index (κ1) is 18.1. The zero-order valence-electron chi connectivity index (χ0n) is 16.3. The van der Waals surface area contributed by atoms with Crippen LogP contribution in [0.2, 0.25) is 0 Å². The molecule has 150 valence electrons. The van der Waals surface area contributed by atoms with E-state index in [-0.39, 0.29) is 24.1 Å². The van der Waals surface area contributed by atoms with Crippen molar-refractivity contribution in [3.05, 3.63) is 83.0 Å². The van der Waals surface area contributed by atoms with E-state index in [1.54, 1.807) is 11.9 Å². The van der Waals surface area contributed by atoms with Gasteiger partial charge in [-0.3, -0.25) is 23.7 Å². The van der Waals surface area contributed by atoms with Crippen molar-refractivity contribution in [2.75, 3.05) is 11.5 Å². The molecule has 30 heavy (non-hydrogen) atoms. The van der Waals surface area contributed by atoms with Crippen LogP contribution in [0.15, 0.2) is 71.9 Å². The van der Waals surface area contributed by atoms with E-state index in [9.17, 15) is 9.59 Å². The van der Waals surface area contributed by atoms with Crippen molar-refractivity contribution < 1.29 is 9.53 Å². The molecule has 1 aliphatic rings. The van der Waals surface area contributed by atoms with Gasteiger partial charge in [0.1, 0.15) is 30.6 Å². The molecule has 1 aliphatic heterocycles. The molecule has 0 N–H and O–H groups in total. The van der Waals surface area contributed by atoms with Crippen LogP contribution in [0.25, 0.3) is 11.0 Å². The number of carbonyl (C=O) groups is 1. The average molecular weight is 401 g/mol. The second-order valence-corrected chi connectivity index (χ2v) is 7.15. The lowest BCUT2D eigenvalue weighted by atomic mass is 10.0. The van der Waals surface area contributed by atoms with Crippen LogP contribution in [-0.2, 0) is 18.4 Å². The summed E-state index contributed by atoms with van der Waals surface area (Å²) in [6, 6.07) is 16.9. The maximum atomic E-state index is 13.5. The molecule has 1 atom stereocenters. The highest BCUT2D eigenvalue weighted by Gasteiger charge is 2.33. The zero-order valence-corrected chi connectivity index (χ0v) is 16.3. The van der Waals surface area contributed by atoms with Crippen LogP contribution < -0.4 is 15.2 Å². The van der Waals surface area contributed by atoms with Gasteiger partial charge in [-0.25, -0.2) is 4.98 Å². The summed E-state index contributed by atoms with van der Waals surface area (Å²) >= 11 is 0. The van der Waals surface area contributed by atoms with Gasteiger partial charge in [0.25, 0.3) is 5.56 Å². The lowest BCUT2D eigenvalue weighted by Crippen LogP contribution is -2.43. The molecule has 0 aliphatic carbocycles. The van der Waals surface area contributed by atoms with Crippen molar-refractivity contribution >= 4 is 22.6 Å². The van der Waals surface area contributed by atoms with E-state index in [4.69, 9.17) is 4.74 Å². The molecule has 8 nitrogen and oxygen atoms in total. The fourth-order valence-corrected chi connectivity index (χ4v) is 3.82. The van der Waals surface area contributed by atoms with Gasteiger partial charge in [0, 0.05) is 7.05 Å². The number of fused-ring (bicyclic) bond motifs is 2. The minimum absolute atomic E-state index is 0.131. The first-order valence-electron chi connectivity index (χ1n) is 9.59. The van der Waals surface area contributed by atoms with Crippen molar-refractivity contribution in [1.82, 2.24) is 19.3 Å². The summed E-state index contributed by atoms with van der Waals surface area (Å²) in [6.45, 7) is 0.204. The summed E-state index contributed by atoms with van der Waals surface area (Å²) in [5.41, 5.74) is 1.85. The number of hydrogen-bond acceptors (Lipinski definition) is 5. The molecular formula is C22H19N5O3. The molecule has 2 aromatic carbocycles. The number of nitrogens with zero attached hydrogens (tertiary/aromatic N) is 5. The maximum Gasteiger partial charge on any atom is 0.264 e. The normalized spacial score (nSPS) is 15.6. The van der Waals surface area contributed by atoms with E-state index < -0.39 is 0 Å². The van der Waals surface area contributed by atoms with Crippen LogP contribution in [0.1, 0.15) is 11.6 Å². The lowest BCUT2D eigenvalue weighted by molar-refractivity contribution is -0.120. The smallest absolute Gasteiger partial charge is 0.264 e. The summed E-state index contributed by atoms with van der Waals surface area (Å²) in [5.74, 6) is 0.429. The Morgan fingerprint density at radius 3 is 2.73 bits per heavy atom. The Kier molecular flexibility index (Phi) is 4.31. The number of aromatic nitrogens is 4. The third-order valence-electron chi connectivity index (χ3n) is 5.31. The summed E-state index contributed by atoms with van der Waals surface area (Å²) in [4.78, 5) is 32.3. The number of benzene rings is 2. The summed E-state index contributed by atoms with van der Waals surface area (Å²) in [7, 11) is 1.72. The standard InChI is InChI=1S/C22H19N5O3/c1-25-21-16(11-24-25)22(29)26(14-23-21)12-20(28)27-17-9-5-6-10-19(17)30-13-18(27)15-7-3-2-4-8-15/h2-11,14,18H,12-13H2,1H3/t18-/m0/s1. The SMILES string of the molecule is Cn1ncc2c(=O)n(CC(=O)N3c4ccccc4OC[C@H]3c3ccccc3)cnc21. The van der Waals surface area contributed by atoms with Gasteiger partial charge >= 0.3 is 0 Å². The lowest BCUT2D eigenvalue weighted by Gasteiger charge is -2.37. The molecule has 4 aromatic rings. The maximum absolute atomic E-state index is 13.5. The second kappa shape index (κ2) is 7.14. The Labute approximate surface area is 171 Å². The highest BCUT2D eigenvalue weighted by molar-refractivity contribution is 5.96. The van der Waals surface area contributed by atoms with E-state index in [0.717, 1.165) is 5.56 Å². The highest BCUT2D eigenvalue weighted by Crippen LogP contribution is 2.39. The van der Waals surface area contributed by atoms with E-state index >= 15 is 0 Å². The van der Waals surface area contributed by atoms with Crippen molar-refractivity contribution in [2.24, 2.45) is 7.05 Å². The Morgan fingerprint density at radius 2 is 1.90 bits per heavy atom. The average Bonchev–Trinajstić information content (AvgIpc) is 3.16. The third-order valence-corrected chi connectivity index (χ3v) is 5.31. The number of hydrogen-bond donors (Lipinski definition) is 0.